The Bertz CT molecular complexity index is 4660. The molecule has 0 bridgehead atoms. The molecule has 24 atom stereocenters. The van der Waals surface area contributed by atoms with E-state index in [0.717, 1.165) is 120 Å². The summed E-state index contributed by atoms with van der Waals surface area (Å²) in [5.41, 5.74) is -3.19. The average Bonchev–Trinajstić information content (AvgIpc) is 1.60. The van der Waals surface area contributed by atoms with Gasteiger partial charge in [-0.1, -0.05) is 149 Å². The van der Waals surface area contributed by atoms with Gasteiger partial charge in [0.05, 0.1) is 58.9 Å². The van der Waals surface area contributed by atoms with Gasteiger partial charge >= 0.3 is 51.4 Å². The SMILES string of the molecule is C[C@H]1CO[C@@H](OC(=N)C(Cl)(Cl)Cl)C(OC(=O)c2ccccc2)[C@@H]1OC(=O)c1ccccc1.C[C@H]1CO[C@H](O[C@H]2CC[C@]3(C)C4CC[C@]5(C)[C@@H](C6=CC(=O)OC6)CC[C@]5(O)C4CC[C@@H]3C2)C(OC(=O)c2ccccc2)[C@@H]1OC(=O)c1ccccc1.C[C@]12CC[C@H](O)C[C@H]1CCC1C2CC[C@]2(C)[C@@H](C3=CC(=O)OC3)CC[C@]12O.C[Si](C)(C)OS(=O)(=O)C(F)(F)F. The van der Waals surface area contributed by atoms with Crippen LogP contribution in [0.15, 0.2) is 145 Å². The number of alkyl halides is 6. The number of cyclic esters (lactones) is 2. The quantitative estimate of drug-likeness (QED) is 0.0126. The Balaban J connectivity index is 0.000000157. The normalized spacial score (nSPS) is 36.8. The maximum Gasteiger partial charge on any atom is 0.522 e. The van der Waals surface area contributed by atoms with Gasteiger partial charge in [0, 0.05) is 34.8 Å². The summed E-state index contributed by atoms with van der Waals surface area (Å²) in [4.78, 5) is 75.8. The molecule has 4 heterocycles. The number of fused-ring (bicyclic) bond motifs is 10. The smallest absolute Gasteiger partial charge is 0.458 e. The molecule has 672 valence electrons. The van der Waals surface area contributed by atoms with Gasteiger partial charge in [-0.05, 0) is 253 Å². The van der Waals surface area contributed by atoms with Crippen LogP contribution in [0.5, 0.6) is 0 Å². The molecule has 8 aliphatic carbocycles. The fraction of sp³-hybridized carbons (Fsp3) is 0.620. The zero-order valence-electron chi connectivity index (χ0n) is 70.9. The first kappa shape index (κ1) is 93.8. The Labute approximate surface area is 733 Å². The van der Waals surface area contributed by atoms with Gasteiger partial charge < -0.3 is 66.6 Å². The molecule has 16 rings (SSSR count). The van der Waals surface area contributed by atoms with Crippen LogP contribution in [-0.2, 0) is 70.9 Å². The number of carbonyl (C=O) groups is 6. The molecule has 31 heteroatoms. The Hall–Kier alpha value is -6.80. The molecular weight excluding hydrogens is 1690 g/mol. The van der Waals surface area contributed by atoms with Crippen LogP contribution in [0.1, 0.15) is 199 Å². The Morgan fingerprint density at radius 2 is 0.870 bits per heavy atom. The fourth-order valence-electron chi connectivity index (χ4n) is 23.4. The molecule has 0 radical (unpaired) electrons. The van der Waals surface area contributed by atoms with E-state index in [1.165, 1.54) is 26.1 Å². The minimum absolute atomic E-state index is 0.0679. The van der Waals surface area contributed by atoms with Crippen LogP contribution in [0.25, 0.3) is 0 Å². The van der Waals surface area contributed by atoms with E-state index in [1.54, 1.807) is 128 Å². The summed E-state index contributed by atoms with van der Waals surface area (Å²) in [6.07, 6.45) is 14.5. The summed E-state index contributed by atoms with van der Waals surface area (Å²) < 4.78 is 116. The second kappa shape index (κ2) is 37.1. The molecule has 4 N–H and O–H groups in total. The number of rotatable bonds is 15. The van der Waals surface area contributed by atoms with E-state index >= 15 is 0 Å². The lowest BCUT2D eigenvalue weighted by Gasteiger charge is -2.64. The third-order valence-corrected chi connectivity index (χ3v) is 33.7. The largest absolute Gasteiger partial charge is 0.522 e. The maximum atomic E-state index is 13.4. The molecule has 4 aromatic carbocycles. The molecule has 6 unspecified atom stereocenters. The van der Waals surface area contributed by atoms with Crippen molar-refractivity contribution in [2.75, 3.05) is 26.4 Å². The van der Waals surface area contributed by atoms with E-state index < -0.39 is 106 Å². The first-order chi connectivity index (χ1) is 57.9. The predicted molar refractivity (Wildman–Crippen MR) is 451 cm³/mol. The van der Waals surface area contributed by atoms with Gasteiger partial charge in [0.15, 0.2) is 12.4 Å². The Morgan fingerprint density at radius 1 is 0.496 bits per heavy atom. The van der Waals surface area contributed by atoms with Crippen LogP contribution in [0, 0.1) is 86.2 Å². The molecule has 8 saturated carbocycles. The summed E-state index contributed by atoms with van der Waals surface area (Å²) in [5.74, 6) is -1.07. The molecule has 10 fully saturated rings. The number of carbonyl (C=O) groups excluding carboxylic acids is 6. The third kappa shape index (κ3) is 19.6. The van der Waals surface area contributed by atoms with Crippen molar-refractivity contribution in [1.29, 1.82) is 5.41 Å². The highest BCUT2D eigenvalue weighted by atomic mass is 35.6. The number of hydrogen-bond donors (Lipinski definition) is 4. The van der Waals surface area contributed by atoms with Crippen molar-refractivity contribution >= 4 is 95.0 Å². The minimum Gasteiger partial charge on any atom is -0.458 e. The van der Waals surface area contributed by atoms with Crippen LogP contribution in [-0.4, -0.2) is 170 Å². The highest BCUT2D eigenvalue weighted by molar-refractivity contribution is 7.88. The first-order valence-electron chi connectivity index (χ1n) is 43.0. The van der Waals surface area contributed by atoms with Crippen LogP contribution in [0.2, 0.25) is 19.6 Å². The predicted octanol–water partition coefficient (Wildman–Crippen LogP) is 17.2. The second-order valence-electron chi connectivity index (χ2n) is 37.9. The van der Waals surface area contributed by atoms with Gasteiger partial charge in [-0.25, -0.2) is 28.8 Å². The van der Waals surface area contributed by atoms with Crippen LogP contribution in [0.3, 0.4) is 0 Å². The lowest BCUT2D eigenvalue weighted by Crippen LogP contribution is -2.62. The summed E-state index contributed by atoms with van der Waals surface area (Å²) in [7, 11) is -8.10. The lowest BCUT2D eigenvalue weighted by atomic mass is 9.43. The highest BCUT2D eigenvalue weighted by Gasteiger charge is 2.70. The summed E-state index contributed by atoms with van der Waals surface area (Å²) in [6, 6.07) is 34.3. The van der Waals surface area contributed by atoms with Crippen molar-refractivity contribution in [3.05, 3.63) is 167 Å². The molecule has 4 aliphatic heterocycles. The summed E-state index contributed by atoms with van der Waals surface area (Å²) in [6.45, 7) is 18.4. The highest BCUT2D eigenvalue weighted by Crippen LogP contribution is 2.72. The first-order valence-corrected chi connectivity index (χ1v) is 49.0. The molecule has 12 aliphatic rings. The van der Waals surface area contributed by atoms with Crippen molar-refractivity contribution < 1.29 is 117 Å². The number of esters is 6. The second-order valence-corrected chi connectivity index (χ2v) is 46.4. The number of halogens is 6. The van der Waals surface area contributed by atoms with E-state index in [2.05, 4.69) is 31.6 Å². The van der Waals surface area contributed by atoms with Gasteiger partial charge in [0.2, 0.25) is 26.6 Å². The third-order valence-electron chi connectivity index (χ3n) is 29.7. The number of aliphatic hydroxyl groups excluding tert-OH is 1. The number of nitrogens with one attached hydrogen (secondary N) is 1. The zero-order valence-corrected chi connectivity index (χ0v) is 75.0. The van der Waals surface area contributed by atoms with Crippen molar-refractivity contribution in [3.63, 3.8) is 0 Å². The van der Waals surface area contributed by atoms with E-state index in [-0.39, 0.29) is 87.6 Å². The van der Waals surface area contributed by atoms with E-state index in [1.807, 2.05) is 19.1 Å². The maximum absolute atomic E-state index is 13.4. The van der Waals surface area contributed by atoms with Gasteiger partial charge in [0.1, 0.15) is 25.4 Å². The van der Waals surface area contributed by atoms with Crippen molar-refractivity contribution in [1.82, 2.24) is 0 Å². The number of benzene rings is 4. The van der Waals surface area contributed by atoms with E-state index in [0.29, 0.717) is 66.1 Å². The zero-order chi connectivity index (χ0) is 88.8. The molecule has 23 nitrogen and oxygen atoms in total. The van der Waals surface area contributed by atoms with Crippen molar-refractivity contribution in [2.45, 2.75) is 246 Å². The van der Waals surface area contributed by atoms with E-state index in [9.17, 15) is 65.7 Å². The average molecular weight is 1810 g/mol. The molecular formula is C92H115Cl3F3NO22SSi. The molecule has 0 spiro atoms. The Kier molecular flexibility index (Phi) is 28.3. The van der Waals surface area contributed by atoms with Crippen molar-refractivity contribution in [2.24, 2.45) is 80.8 Å². The number of aliphatic hydroxyl groups is 3. The van der Waals surface area contributed by atoms with Gasteiger partial charge in [-0.15, -0.1) is 0 Å². The van der Waals surface area contributed by atoms with E-state index in [4.69, 9.17) is 87.6 Å². The molecule has 123 heavy (non-hydrogen) atoms. The molecule has 0 amide bonds. The van der Waals surface area contributed by atoms with Crippen LogP contribution >= 0.6 is 34.8 Å². The number of hydrogen-bond acceptors (Lipinski definition) is 23. The van der Waals surface area contributed by atoms with Crippen LogP contribution < -0.4 is 0 Å². The Morgan fingerprint density at radius 3 is 1.24 bits per heavy atom. The van der Waals surface area contributed by atoms with Crippen LogP contribution in [0.4, 0.5) is 13.2 Å². The fourth-order valence-corrected chi connectivity index (χ4v) is 26.5. The molecule has 0 aromatic heterocycles. The van der Waals surface area contributed by atoms with Gasteiger partial charge in [-0.3, -0.25) is 5.41 Å². The molecule has 4 aromatic rings. The monoisotopic (exact) mass is 1810 g/mol. The van der Waals surface area contributed by atoms with Gasteiger partial charge in [0.25, 0.3) is 3.79 Å². The number of ether oxygens (including phenoxy) is 10. The summed E-state index contributed by atoms with van der Waals surface area (Å²) in [5, 5.41) is 42.8. The topological polar surface area (TPSA) is 323 Å². The standard InChI is InChI=1S/C43H52O9.C23H34O4.C22H20Cl3NO6.C4H9F3O3SSi/c1-26-24-49-40(37(52-39(46)28-12-8-5-9-13-28)36(26)51-38(45)27-10-6-4-7-11-27)50-31-16-19-41(2)30(23-31)14-15-34-33(41)17-20-42(3)32(18-21-43(34,42)47)29-22-35(44)48-25-29;1-21-8-5-16(24)12-15(21)3-4-19-18(21)6-9-22(2)17(7-10-23(19,22)26)14-11-20(25)27-13-14;1-13-12-29-20(32-21(26)22(23,24)25)17(31-19(28)15-10-6-3-7-11-15)16(13)30-18(27)14-8-4-2-5-9-14;1-12(2,3)10-11(8,9)4(5,6)7/h4-13,22,26,30-34,36-37,40,47H,14-21,23-25H2,1-3H3;11,15-19,24,26H,3-10,12-13H2,1-2H3;2-11,13,16-17,20,26H,12H2,1H3;1-3H3/t26-,30+,31-,32+,33?,34?,36+,37?,40+,41-,42+,43-;15-,16+,17-,18?,19?,21+,22-,23+;13-,16+,17?,20-;/m010./s1. The minimum atomic E-state index is -5.39. The summed E-state index contributed by atoms with van der Waals surface area (Å²) >= 11 is 17.1. The molecule has 2 saturated heterocycles. The van der Waals surface area contributed by atoms with Crippen molar-refractivity contribution in [3.8, 4) is 0 Å². The van der Waals surface area contributed by atoms with Gasteiger partial charge in [-0.2, -0.15) is 21.6 Å². The lowest BCUT2D eigenvalue weighted by molar-refractivity contribution is -0.280.